The molecule has 0 spiro atoms. The van der Waals surface area contributed by atoms with Gasteiger partial charge in [0.2, 0.25) is 5.76 Å². The molecule has 0 aromatic rings. The summed E-state index contributed by atoms with van der Waals surface area (Å²) < 4.78 is 15.4. The molecule has 2 aliphatic heterocycles. The Morgan fingerprint density at radius 2 is 2.37 bits per heavy atom. The second-order valence-corrected chi connectivity index (χ2v) is 4.25. The van der Waals surface area contributed by atoms with Crippen molar-refractivity contribution in [2.24, 2.45) is 0 Å². The Balaban J connectivity index is 2.27. The maximum absolute atomic E-state index is 11.7. The molecule has 5 nitrogen and oxygen atoms in total. The standard InChI is InChI=1S/C14H16O5/c1-3-17-12(15)8-11-10-7-5-4-6-9(2)18-13(10)14(16)19-11/h4,6,8-9H,3,5,7H2,1-2H3/b6-4-,11-8-. The van der Waals surface area contributed by atoms with Gasteiger partial charge in [-0.1, -0.05) is 6.08 Å². The van der Waals surface area contributed by atoms with Crippen molar-refractivity contribution in [2.75, 3.05) is 6.61 Å². The number of hydrogen-bond acceptors (Lipinski definition) is 5. The molecule has 19 heavy (non-hydrogen) atoms. The van der Waals surface area contributed by atoms with Crippen LogP contribution < -0.4 is 0 Å². The molecule has 0 saturated heterocycles. The summed E-state index contributed by atoms with van der Waals surface area (Å²) >= 11 is 0. The second-order valence-electron chi connectivity index (χ2n) is 4.25. The van der Waals surface area contributed by atoms with Crippen LogP contribution >= 0.6 is 0 Å². The minimum absolute atomic E-state index is 0.195. The lowest BCUT2D eigenvalue weighted by molar-refractivity contribution is -0.138. The number of carbonyl (C=O) groups excluding carboxylic acids is 2. The van der Waals surface area contributed by atoms with Crippen LogP contribution in [-0.2, 0) is 23.8 Å². The normalized spacial score (nSPS) is 26.1. The lowest BCUT2D eigenvalue weighted by Crippen LogP contribution is -2.11. The molecule has 5 heteroatoms. The van der Waals surface area contributed by atoms with Gasteiger partial charge in [-0.15, -0.1) is 0 Å². The largest absolute Gasteiger partial charge is 0.479 e. The highest BCUT2D eigenvalue weighted by atomic mass is 16.6. The summed E-state index contributed by atoms with van der Waals surface area (Å²) in [6, 6.07) is 0. The van der Waals surface area contributed by atoms with Gasteiger partial charge in [-0.2, -0.15) is 0 Å². The maximum atomic E-state index is 11.7. The van der Waals surface area contributed by atoms with E-state index in [4.69, 9.17) is 14.2 Å². The van der Waals surface area contributed by atoms with Gasteiger partial charge in [-0.25, -0.2) is 9.59 Å². The summed E-state index contributed by atoms with van der Waals surface area (Å²) in [5.41, 5.74) is 0.634. The van der Waals surface area contributed by atoms with E-state index in [9.17, 15) is 9.59 Å². The Bertz CT molecular complexity index is 484. The molecule has 0 aromatic carbocycles. The predicted octanol–water partition coefficient (Wildman–Crippen LogP) is 2.00. The molecule has 2 aliphatic rings. The first-order valence-electron chi connectivity index (χ1n) is 6.29. The van der Waals surface area contributed by atoms with Crippen LogP contribution in [0.2, 0.25) is 0 Å². The number of cyclic esters (lactones) is 1. The quantitative estimate of drug-likeness (QED) is 0.433. The zero-order valence-corrected chi connectivity index (χ0v) is 11.0. The third-order valence-electron chi connectivity index (χ3n) is 2.77. The number of ether oxygens (including phenoxy) is 3. The predicted molar refractivity (Wildman–Crippen MR) is 66.8 cm³/mol. The lowest BCUT2D eigenvalue weighted by atomic mass is 10.1. The van der Waals surface area contributed by atoms with E-state index in [1.165, 1.54) is 6.08 Å². The molecule has 0 aromatic heterocycles. The lowest BCUT2D eigenvalue weighted by Gasteiger charge is -2.13. The third-order valence-corrected chi connectivity index (χ3v) is 2.77. The molecule has 0 fully saturated rings. The number of carbonyl (C=O) groups is 2. The first-order chi connectivity index (χ1) is 9.11. The number of allylic oxidation sites excluding steroid dienone is 2. The zero-order valence-electron chi connectivity index (χ0n) is 11.0. The van der Waals surface area contributed by atoms with Crippen molar-refractivity contribution in [3.8, 4) is 0 Å². The van der Waals surface area contributed by atoms with Crippen LogP contribution in [0.1, 0.15) is 26.7 Å². The first kappa shape index (κ1) is 13.4. The SMILES string of the molecule is CCOC(=O)/C=C1\OC(=O)C2=C1CC/C=C\C(C)O2. The Kier molecular flexibility index (Phi) is 4.04. The van der Waals surface area contributed by atoms with Crippen LogP contribution in [0.25, 0.3) is 0 Å². The van der Waals surface area contributed by atoms with Crippen LogP contribution in [0.5, 0.6) is 0 Å². The fourth-order valence-corrected chi connectivity index (χ4v) is 1.95. The minimum atomic E-state index is -0.548. The Morgan fingerprint density at radius 1 is 1.58 bits per heavy atom. The van der Waals surface area contributed by atoms with E-state index in [-0.39, 0.29) is 24.2 Å². The topological polar surface area (TPSA) is 61.8 Å². The van der Waals surface area contributed by atoms with Crippen LogP contribution in [0.15, 0.2) is 35.3 Å². The van der Waals surface area contributed by atoms with Crippen molar-refractivity contribution in [1.82, 2.24) is 0 Å². The minimum Gasteiger partial charge on any atom is -0.479 e. The van der Waals surface area contributed by atoms with Gasteiger partial charge in [-0.3, -0.25) is 0 Å². The number of rotatable bonds is 2. The summed E-state index contributed by atoms with van der Waals surface area (Å²) in [6.45, 7) is 3.83. The fraction of sp³-hybridized carbons (Fsp3) is 0.429. The monoisotopic (exact) mass is 264 g/mol. The number of esters is 2. The highest BCUT2D eigenvalue weighted by Gasteiger charge is 2.33. The van der Waals surface area contributed by atoms with E-state index in [2.05, 4.69) is 0 Å². The smallest absolute Gasteiger partial charge is 0.379 e. The highest BCUT2D eigenvalue weighted by Crippen LogP contribution is 2.32. The van der Waals surface area contributed by atoms with E-state index in [0.717, 1.165) is 6.42 Å². The summed E-state index contributed by atoms with van der Waals surface area (Å²) in [6.07, 6.45) is 6.24. The Hall–Kier alpha value is -2.04. The van der Waals surface area contributed by atoms with Crippen LogP contribution in [-0.4, -0.2) is 24.6 Å². The van der Waals surface area contributed by atoms with E-state index in [1.807, 2.05) is 19.1 Å². The molecule has 1 atom stereocenters. The van der Waals surface area contributed by atoms with E-state index in [1.54, 1.807) is 6.92 Å². The average molecular weight is 264 g/mol. The first-order valence-corrected chi connectivity index (χ1v) is 6.29. The molecule has 0 bridgehead atoms. The molecule has 102 valence electrons. The van der Waals surface area contributed by atoms with E-state index in [0.29, 0.717) is 12.0 Å². The molecular weight excluding hydrogens is 248 g/mol. The number of hydrogen-bond donors (Lipinski definition) is 0. The van der Waals surface area contributed by atoms with Crippen molar-refractivity contribution in [1.29, 1.82) is 0 Å². The van der Waals surface area contributed by atoms with Gasteiger partial charge >= 0.3 is 11.9 Å². The third kappa shape index (κ3) is 3.05. The molecule has 0 aliphatic carbocycles. The van der Waals surface area contributed by atoms with Crippen LogP contribution in [0.3, 0.4) is 0 Å². The van der Waals surface area contributed by atoms with Gasteiger partial charge in [0.1, 0.15) is 11.9 Å². The van der Waals surface area contributed by atoms with Crippen molar-refractivity contribution < 1.29 is 23.8 Å². The van der Waals surface area contributed by atoms with Gasteiger partial charge in [0, 0.05) is 5.57 Å². The molecular formula is C14H16O5. The van der Waals surface area contributed by atoms with Gasteiger partial charge < -0.3 is 14.2 Å². The summed E-state index contributed by atoms with van der Waals surface area (Å²) in [7, 11) is 0. The molecule has 0 amide bonds. The molecule has 2 heterocycles. The van der Waals surface area contributed by atoms with Crippen LogP contribution in [0.4, 0.5) is 0 Å². The summed E-state index contributed by atoms with van der Waals surface area (Å²) in [5.74, 6) is -0.634. The molecule has 0 N–H and O–H groups in total. The zero-order chi connectivity index (χ0) is 13.8. The van der Waals surface area contributed by atoms with Crippen molar-refractivity contribution in [3.05, 3.63) is 35.3 Å². The van der Waals surface area contributed by atoms with E-state index < -0.39 is 11.9 Å². The van der Waals surface area contributed by atoms with Gasteiger partial charge in [0.05, 0.1) is 12.7 Å². The van der Waals surface area contributed by atoms with Crippen molar-refractivity contribution >= 4 is 11.9 Å². The Morgan fingerprint density at radius 3 is 3.11 bits per heavy atom. The summed E-state index contributed by atoms with van der Waals surface area (Å²) in [4.78, 5) is 23.2. The Labute approximate surface area is 111 Å². The average Bonchev–Trinajstić information content (AvgIpc) is 2.58. The van der Waals surface area contributed by atoms with Crippen LogP contribution in [0, 0.1) is 0 Å². The van der Waals surface area contributed by atoms with Gasteiger partial charge in [-0.05, 0) is 32.8 Å². The maximum Gasteiger partial charge on any atom is 0.379 e. The van der Waals surface area contributed by atoms with Crippen molar-refractivity contribution in [2.45, 2.75) is 32.8 Å². The molecule has 0 saturated carbocycles. The van der Waals surface area contributed by atoms with Gasteiger partial charge in [0.15, 0.2) is 0 Å². The molecule has 2 rings (SSSR count). The fourth-order valence-electron chi connectivity index (χ4n) is 1.95. The highest BCUT2D eigenvalue weighted by molar-refractivity contribution is 5.94. The van der Waals surface area contributed by atoms with E-state index >= 15 is 0 Å². The summed E-state index contributed by atoms with van der Waals surface area (Å²) in [5, 5.41) is 0. The molecule has 0 radical (unpaired) electrons. The molecule has 1 unspecified atom stereocenters. The van der Waals surface area contributed by atoms with Gasteiger partial charge in [0.25, 0.3) is 0 Å². The second kappa shape index (κ2) is 5.73. The van der Waals surface area contributed by atoms with Crippen molar-refractivity contribution in [3.63, 3.8) is 0 Å².